The lowest BCUT2D eigenvalue weighted by molar-refractivity contribution is -0.0506. The van der Waals surface area contributed by atoms with Crippen molar-refractivity contribution in [1.82, 2.24) is 10.6 Å². The van der Waals surface area contributed by atoms with Gasteiger partial charge in [0.25, 0.3) is 0 Å². The summed E-state index contributed by atoms with van der Waals surface area (Å²) in [4.78, 5) is 11.9. The van der Waals surface area contributed by atoms with E-state index in [2.05, 4.69) is 15.4 Å². The van der Waals surface area contributed by atoms with E-state index in [9.17, 15) is 18.0 Å². The minimum Gasteiger partial charge on any atom is -0.434 e. The highest BCUT2D eigenvalue weighted by Gasteiger charge is 2.42. The van der Waals surface area contributed by atoms with Crippen LogP contribution in [0.2, 0.25) is 0 Å². The summed E-state index contributed by atoms with van der Waals surface area (Å²) in [5.74, 6) is -1.01. The first-order chi connectivity index (χ1) is 12.5. The second-order valence-electron chi connectivity index (χ2n) is 6.83. The Labute approximate surface area is 150 Å². The van der Waals surface area contributed by atoms with Gasteiger partial charge in [-0.05, 0) is 37.8 Å². The van der Waals surface area contributed by atoms with E-state index < -0.39 is 18.5 Å². The van der Waals surface area contributed by atoms with Crippen LogP contribution >= 0.6 is 0 Å². The number of alkyl halides is 2. The third-order valence-electron chi connectivity index (χ3n) is 5.06. The molecule has 2 N–H and O–H groups in total. The van der Waals surface area contributed by atoms with Gasteiger partial charge in [0.2, 0.25) is 0 Å². The van der Waals surface area contributed by atoms with E-state index in [1.165, 1.54) is 25.0 Å². The van der Waals surface area contributed by atoms with Crippen LogP contribution in [0.3, 0.4) is 0 Å². The normalized spacial score (nSPS) is 21.3. The van der Waals surface area contributed by atoms with Crippen LogP contribution in [0.25, 0.3) is 0 Å². The Morgan fingerprint density at radius 2 is 2.04 bits per heavy atom. The zero-order chi connectivity index (χ0) is 18.6. The SMILES string of the molecule is O=C(NCc1c(F)cccc1OC(F)F)NCC1CCC2(CCCC2)O1. The van der Waals surface area contributed by atoms with E-state index in [0.29, 0.717) is 6.54 Å². The summed E-state index contributed by atoms with van der Waals surface area (Å²) in [6, 6.07) is 3.12. The van der Waals surface area contributed by atoms with Gasteiger partial charge in [0.05, 0.1) is 18.2 Å². The number of benzene rings is 1. The molecule has 26 heavy (non-hydrogen) atoms. The minimum atomic E-state index is -3.06. The van der Waals surface area contributed by atoms with Gasteiger partial charge in [-0.2, -0.15) is 8.78 Å². The fourth-order valence-electron chi connectivity index (χ4n) is 3.78. The highest BCUT2D eigenvalue weighted by atomic mass is 19.3. The number of rotatable bonds is 6. The van der Waals surface area contributed by atoms with Gasteiger partial charge in [-0.25, -0.2) is 9.18 Å². The van der Waals surface area contributed by atoms with Crippen molar-refractivity contribution < 1.29 is 27.4 Å². The number of ether oxygens (including phenoxy) is 2. The van der Waals surface area contributed by atoms with E-state index in [4.69, 9.17) is 4.74 Å². The Morgan fingerprint density at radius 1 is 1.27 bits per heavy atom. The molecule has 1 saturated carbocycles. The molecule has 2 aliphatic rings. The quantitative estimate of drug-likeness (QED) is 0.800. The van der Waals surface area contributed by atoms with E-state index in [-0.39, 0.29) is 29.6 Å². The van der Waals surface area contributed by atoms with Crippen molar-refractivity contribution in [2.45, 2.75) is 63.4 Å². The second kappa shape index (κ2) is 8.16. The molecule has 2 amide bonds. The third-order valence-corrected chi connectivity index (χ3v) is 5.06. The Balaban J connectivity index is 1.46. The molecule has 1 saturated heterocycles. The van der Waals surface area contributed by atoms with Gasteiger partial charge in [0, 0.05) is 12.1 Å². The maximum atomic E-state index is 13.8. The molecule has 0 radical (unpaired) electrons. The number of hydrogen-bond donors (Lipinski definition) is 2. The molecule has 8 heteroatoms. The van der Waals surface area contributed by atoms with Crippen LogP contribution in [0.15, 0.2) is 18.2 Å². The fraction of sp³-hybridized carbons (Fsp3) is 0.611. The first kappa shape index (κ1) is 18.8. The van der Waals surface area contributed by atoms with Gasteiger partial charge in [0.15, 0.2) is 0 Å². The highest BCUT2D eigenvalue weighted by molar-refractivity contribution is 5.73. The van der Waals surface area contributed by atoms with Crippen LogP contribution in [0.5, 0.6) is 5.75 Å². The van der Waals surface area contributed by atoms with Gasteiger partial charge < -0.3 is 20.1 Å². The van der Waals surface area contributed by atoms with Crippen LogP contribution in [-0.4, -0.2) is 30.9 Å². The van der Waals surface area contributed by atoms with Crippen molar-refractivity contribution in [2.24, 2.45) is 0 Å². The summed E-state index contributed by atoms with van der Waals surface area (Å²) in [5.41, 5.74) is -0.123. The number of hydrogen-bond acceptors (Lipinski definition) is 3. The van der Waals surface area contributed by atoms with Gasteiger partial charge in [0.1, 0.15) is 11.6 Å². The molecule has 3 rings (SSSR count). The predicted octanol–water partition coefficient (Wildman–Crippen LogP) is 3.72. The standard InChI is InChI=1S/C18H23F3N2O3/c19-14-4-3-5-15(25-16(20)21)13(14)11-23-17(24)22-10-12-6-9-18(26-12)7-1-2-8-18/h3-5,12,16H,1-2,6-11H2,(H2,22,23,24). The molecule has 1 aliphatic heterocycles. The molecule has 1 spiro atoms. The lowest BCUT2D eigenvalue weighted by Crippen LogP contribution is -2.40. The summed E-state index contributed by atoms with van der Waals surface area (Å²) < 4.78 is 49.0. The van der Waals surface area contributed by atoms with Crippen molar-refractivity contribution in [3.05, 3.63) is 29.6 Å². The topological polar surface area (TPSA) is 59.6 Å². The molecule has 1 heterocycles. The number of amides is 2. The first-order valence-corrected chi connectivity index (χ1v) is 8.89. The lowest BCUT2D eigenvalue weighted by atomic mass is 9.98. The molecule has 144 valence electrons. The molecule has 0 bridgehead atoms. The maximum Gasteiger partial charge on any atom is 0.387 e. The van der Waals surface area contributed by atoms with Gasteiger partial charge in [-0.15, -0.1) is 0 Å². The molecule has 1 aliphatic carbocycles. The Bertz CT molecular complexity index is 636. The lowest BCUT2D eigenvalue weighted by Gasteiger charge is -2.23. The maximum absolute atomic E-state index is 13.8. The molecular weight excluding hydrogens is 349 g/mol. The first-order valence-electron chi connectivity index (χ1n) is 8.89. The number of urea groups is 1. The van der Waals surface area contributed by atoms with Crippen molar-refractivity contribution >= 4 is 6.03 Å². The van der Waals surface area contributed by atoms with Crippen molar-refractivity contribution in [2.75, 3.05) is 6.54 Å². The van der Waals surface area contributed by atoms with E-state index in [0.717, 1.165) is 31.7 Å². The smallest absolute Gasteiger partial charge is 0.387 e. The van der Waals surface area contributed by atoms with Gasteiger partial charge >= 0.3 is 12.6 Å². The number of halogens is 3. The van der Waals surface area contributed by atoms with Crippen molar-refractivity contribution in [1.29, 1.82) is 0 Å². The van der Waals surface area contributed by atoms with Crippen LogP contribution in [0.1, 0.15) is 44.1 Å². The highest BCUT2D eigenvalue weighted by Crippen LogP contribution is 2.43. The van der Waals surface area contributed by atoms with Crippen molar-refractivity contribution in [3.8, 4) is 5.75 Å². The van der Waals surface area contributed by atoms with Gasteiger partial charge in [-0.1, -0.05) is 18.9 Å². The molecule has 5 nitrogen and oxygen atoms in total. The Morgan fingerprint density at radius 3 is 2.77 bits per heavy atom. The van der Waals surface area contributed by atoms with Crippen LogP contribution in [0, 0.1) is 5.82 Å². The summed E-state index contributed by atoms with van der Waals surface area (Å²) in [7, 11) is 0. The molecule has 0 aromatic heterocycles. The zero-order valence-corrected chi connectivity index (χ0v) is 14.4. The molecule has 1 atom stereocenters. The Hall–Kier alpha value is -1.96. The molecule has 1 unspecified atom stereocenters. The minimum absolute atomic E-state index is 0.00248. The third kappa shape index (κ3) is 4.60. The largest absolute Gasteiger partial charge is 0.434 e. The zero-order valence-electron chi connectivity index (χ0n) is 14.4. The summed E-state index contributed by atoms with van der Waals surface area (Å²) in [5, 5.41) is 5.16. The average Bonchev–Trinajstić information content (AvgIpc) is 3.22. The molecule has 1 aromatic rings. The number of carbonyl (C=O) groups excluding carboxylic acids is 1. The average molecular weight is 372 g/mol. The van der Waals surface area contributed by atoms with Crippen LogP contribution < -0.4 is 15.4 Å². The predicted molar refractivity (Wildman–Crippen MR) is 88.6 cm³/mol. The molecule has 2 fully saturated rings. The van der Waals surface area contributed by atoms with E-state index in [1.54, 1.807) is 0 Å². The summed E-state index contributed by atoms with van der Waals surface area (Å²) in [6.07, 6.45) is 6.43. The second-order valence-corrected chi connectivity index (χ2v) is 6.83. The van der Waals surface area contributed by atoms with E-state index >= 15 is 0 Å². The monoisotopic (exact) mass is 372 g/mol. The Kier molecular flexibility index (Phi) is 5.90. The fourth-order valence-corrected chi connectivity index (χ4v) is 3.78. The van der Waals surface area contributed by atoms with Crippen molar-refractivity contribution in [3.63, 3.8) is 0 Å². The molecular formula is C18H23F3N2O3. The molecule has 1 aromatic carbocycles. The van der Waals surface area contributed by atoms with Crippen LogP contribution in [-0.2, 0) is 11.3 Å². The van der Waals surface area contributed by atoms with Gasteiger partial charge in [-0.3, -0.25) is 0 Å². The number of carbonyl (C=O) groups is 1. The summed E-state index contributed by atoms with van der Waals surface area (Å²) in [6.45, 7) is -2.95. The summed E-state index contributed by atoms with van der Waals surface area (Å²) >= 11 is 0. The van der Waals surface area contributed by atoms with Crippen LogP contribution in [0.4, 0.5) is 18.0 Å². The van der Waals surface area contributed by atoms with E-state index in [1.807, 2.05) is 0 Å². The number of nitrogens with one attached hydrogen (secondary N) is 2.